The molecule has 2 N–H and O–H groups in total. The van der Waals surface area contributed by atoms with Crippen LogP contribution in [0.2, 0.25) is 0 Å². The standard InChI is InChI=1S/C20H31NO3S/c1-2-3-4-5-6-10-15-21-19(23)14-13-17(16-22)20(25)24-18-11-8-7-9-12-18/h7-9,11-14,17,20,22,25H,2-6,10,15-16H2,1H3,(H,21,23). The molecule has 2 unspecified atom stereocenters. The largest absolute Gasteiger partial charge is 0.479 e. The molecule has 1 amide bonds. The van der Waals surface area contributed by atoms with Gasteiger partial charge in [0.15, 0.2) is 0 Å². The van der Waals surface area contributed by atoms with Gasteiger partial charge < -0.3 is 15.2 Å². The summed E-state index contributed by atoms with van der Waals surface area (Å²) in [6.07, 6.45) is 10.3. The van der Waals surface area contributed by atoms with Crippen molar-refractivity contribution in [3.05, 3.63) is 42.5 Å². The number of nitrogens with one attached hydrogen (secondary N) is 1. The minimum absolute atomic E-state index is 0.137. The zero-order chi connectivity index (χ0) is 18.3. The Hall–Kier alpha value is -1.46. The van der Waals surface area contributed by atoms with Crippen LogP contribution in [0.3, 0.4) is 0 Å². The number of carbonyl (C=O) groups is 1. The van der Waals surface area contributed by atoms with E-state index >= 15 is 0 Å². The molecule has 0 aliphatic carbocycles. The van der Waals surface area contributed by atoms with Crippen molar-refractivity contribution in [2.24, 2.45) is 5.92 Å². The van der Waals surface area contributed by atoms with Gasteiger partial charge >= 0.3 is 0 Å². The van der Waals surface area contributed by atoms with Crippen molar-refractivity contribution < 1.29 is 14.6 Å². The molecule has 1 rings (SSSR count). The zero-order valence-electron chi connectivity index (χ0n) is 15.1. The lowest BCUT2D eigenvalue weighted by atomic mass is 10.1. The van der Waals surface area contributed by atoms with Crippen molar-refractivity contribution in [1.29, 1.82) is 0 Å². The summed E-state index contributed by atoms with van der Waals surface area (Å²) in [4.78, 5) is 11.8. The number of para-hydroxylation sites is 1. The second-order valence-corrected chi connectivity index (χ2v) is 6.59. The monoisotopic (exact) mass is 365 g/mol. The minimum Gasteiger partial charge on any atom is -0.479 e. The lowest BCUT2D eigenvalue weighted by Gasteiger charge is -2.19. The van der Waals surface area contributed by atoms with Gasteiger partial charge in [-0.15, -0.1) is 12.6 Å². The number of carbonyl (C=O) groups excluding carboxylic acids is 1. The molecule has 0 spiro atoms. The topological polar surface area (TPSA) is 58.6 Å². The quantitative estimate of drug-likeness (QED) is 0.215. The molecule has 0 aliphatic heterocycles. The molecule has 0 fully saturated rings. The summed E-state index contributed by atoms with van der Waals surface area (Å²) in [5.41, 5.74) is -0.519. The van der Waals surface area contributed by atoms with E-state index in [1.54, 1.807) is 6.08 Å². The number of unbranched alkanes of at least 4 members (excludes halogenated alkanes) is 5. The van der Waals surface area contributed by atoms with Crippen LogP contribution in [0.4, 0.5) is 0 Å². The van der Waals surface area contributed by atoms with Crippen LogP contribution in [0.5, 0.6) is 5.75 Å². The van der Waals surface area contributed by atoms with Crippen LogP contribution in [0, 0.1) is 5.92 Å². The first-order valence-corrected chi connectivity index (χ1v) is 9.65. The van der Waals surface area contributed by atoms with Crippen molar-refractivity contribution in [2.75, 3.05) is 13.2 Å². The predicted octanol–water partition coefficient (Wildman–Crippen LogP) is 3.96. The van der Waals surface area contributed by atoms with Gasteiger partial charge in [0, 0.05) is 12.5 Å². The first kappa shape index (κ1) is 21.6. The first-order chi connectivity index (χ1) is 12.2. The molecule has 0 aliphatic rings. The number of hydrogen-bond acceptors (Lipinski definition) is 4. The number of aliphatic hydroxyl groups is 1. The summed E-state index contributed by atoms with van der Waals surface area (Å²) in [6, 6.07) is 9.30. The smallest absolute Gasteiger partial charge is 0.243 e. The summed E-state index contributed by atoms with van der Waals surface area (Å²) in [7, 11) is 0. The van der Waals surface area contributed by atoms with E-state index in [0.717, 1.165) is 12.8 Å². The van der Waals surface area contributed by atoms with E-state index in [0.29, 0.717) is 12.3 Å². The molecule has 1 aromatic rings. The molecule has 140 valence electrons. The molecular weight excluding hydrogens is 334 g/mol. The fourth-order valence-electron chi connectivity index (χ4n) is 2.36. The average molecular weight is 366 g/mol. The van der Waals surface area contributed by atoms with Gasteiger partial charge in [0.05, 0.1) is 6.61 Å². The fourth-order valence-corrected chi connectivity index (χ4v) is 2.67. The van der Waals surface area contributed by atoms with Crippen molar-refractivity contribution in [2.45, 2.75) is 50.9 Å². The van der Waals surface area contributed by atoms with Crippen LogP contribution >= 0.6 is 12.6 Å². The molecule has 4 nitrogen and oxygen atoms in total. The van der Waals surface area contributed by atoms with Gasteiger partial charge in [-0.05, 0) is 24.6 Å². The van der Waals surface area contributed by atoms with Crippen LogP contribution < -0.4 is 10.1 Å². The van der Waals surface area contributed by atoms with Crippen LogP contribution in [0.1, 0.15) is 45.4 Å². The Labute approximate surface area is 157 Å². The molecular formula is C20H31NO3S. The predicted molar refractivity (Wildman–Crippen MR) is 106 cm³/mol. The van der Waals surface area contributed by atoms with Crippen LogP contribution in [0.25, 0.3) is 0 Å². The molecule has 1 aromatic carbocycles. The number of ether oxygens (including phenoxy) is 1. The Morgan fingerprint density at radius 2 is 1.88 bits per heavy atom. The fraction of sp³-hybridized carbons (Fsp3) is 0.550. The van der Waals surface area contributed by atoms with Gasteiger partial charge in [0.2, 0.25) is 5.91 Å². The third kappa shape index (κ3) is 10.2. The Balaban J connectivity index is 2.27. The maximum absolute atomic E-state index is 11.8. The summed E-state index contributed by atoms with van der Waals surface area (Å²) < 4.78 is 5.67. The van der Waals surface area contributed by atoms with Crippen LogP contribution in [-0.4, -0.2) is 29.6 Å². The van der Waals surface area contributed by atoms with Crippen molar-refractivity contribution in [3.63, 3.8) is 0 Å². The van der Waals surface area contributed by atoms with Gasteiger partial charge in [-0.1, -0.05) is 63.3 Å². The van der Waals surface area contributed by atoms with E-state index < -0.39 is 5.44 Å². The molecule has 0 saturated heterocycles. The van der Waals surface area contributed by atoms with Gasteiger partial charge in [0.25, 0.3) is 0 Å². The van der Waals surface area contributed by atoms with E-state index in [1.807, 2.05) is 30.3 Å². The molecule has 25 heavy (non-hydrogen) atoms. The lowest BCUT2D eigenvalue weighted by Crippen LogP contribution is -2.25. The third-order valence-corrected chi connectivity index (χ3v) is 4.39. The van der Waals surface area contributed by atoms with Crippen molar-refractivity contribution in [3.8, 4) is 5.75 Å². The highest BCUT2D eigenvalue weighted by molar-refractivity contribution is 7.80. The van der Waals surface area contributed by atoms with E-state index in [9.17, 15) is 9.90 Å². The van der Waals surface area contributed by atoms with Crippen molar-refractivity contribution in [1.82, 2.24) is 5.32 Å². The highest BCUT2D eigenvalue weighted by Gasteiger charge is 2.16. The number of aliphatic hydroxyl groups excluding tert-OH is 1. The van der Waals surface area contributed by atoms with E-state index in [-0.39, 0.29) is 18.4 Å². The SMILES string of the molecule is CCCCCCCCNC(=O)C=CC(CO)C(S)Oc1ccccc1. The van der Waals surface area contributed by atoms with Crippen molar-refractivity contribution >= 4 is 18.5 Å². The summed E-state index contributed by atoms with van der Waals surface area (Å²) >= 11 is 4.38. The minimum atomic E-state index is -0.519. The normalized spacial score (nSPS) is 13.6. The number of benzene rings is 1. The first-order valence-electron chi connectivity index (χ1n) is 9.14. The average Bonchev–Trinajstić information content (AvgIpc) is 2.62. The van der Waals surface area contributed by atoms with Crippen LogP contribution in [-0.2, 0) is 4.79 Å². The van der Waals surface area contributed by atoms with E-state index in [4.69, 9.17) is 4.74 Å². The summed E-state index contributed by atoms with van der Waals surface area (Å²) in [6.45, 7) is 2.75. The molecule has 2 atom stereocenters. The maximum Gasteiger partial charge on any atom is 0.243 e. The molecule has 0 bridgehead atoms. The summed E-state index contributed by atoms with van der Waals surface area (Å²) in [5.74, 6) is 0.178. The second kappa shape index (κ2) is 13.8. The van der Waals surface area contributed by atoms with E-state index in [1.165, 1.54) is 31.8 Å². The molecule has 0 saturated carbocycles. The Bertz CT molecular complexity index is 493. The highest BCUT2D eigenvalue weighted by Crippen LogP contribution is 2.18. The van der Waals surface area contributed by atoms with E-state index in [2.05, 4.69) is 24.9 Å². The van der Waals surface area contributed by atoms with Gasteiger partial charge in [0.1, 0.15) is 11.2 Å². The Morgan fingerprint density at radius 1 is 1.20 bits per heavy atom. The van der Waals surface area contributed by atoms with Gasteiger partial charge in [-0.3, -0.25) is 4.79 Å². The number of amides is 1. The second-order valence-electron chi connectivity index (χ2n) is 6.09. The number of rotatable bonds is 13. The number of thiol groups is 1. The van der Waals surface area contributed by atoms with Gasteiger partial charge in [-0.25, -0.2) is 0 Å². The Morgan fingerprint density at radius 3 is 2.56 bits per heavy atom. The highest BCUT2D eigenvalue weighted by atomic mass is 32.1. The summed E-state index contributed by atoms with van der Waals surface area (Å²) in [5, 5.41) is 12.4. The molecule has 0 aromatic heterocycles. The zero-order valence-corrected chi connectivity index (χ0v) is 16.0. The third-order valence-electron chi connectivity index (χ3n) is 3.90. The molecule has 5 heteroatoms. The molecule has 0 heterocycles. The molecule has 0 radical (unpaired) electrons. The van der Waals surface area contributed by atoms with Gasteiger partial charge in [-0.2, -0.15) is 0 Å². The maximum atomic E-state index is 11.8. The lowest BCUT2D eigenvalue weighted by molar-refractivity contribution is -0.116. The number of hydrogen-bond donors (Lipinski definition) is 3. The van der Waals surface area contributed by atoms with Crippen LogP contribution in [0.15, 0.2) is 42.5 Å². The Kier molecular flexibility index (Phi) is 11.9.